The molecule has 25 heavy (non-hydrogen) atoms. The molecule has 6 nitrogen and oxygen atoms in total. The molecule has 1 N–H and O–H groups in total. The summed E-state index contributed by atoms with van der Waals surface area (Å²) in [4.78, 5) is 16.9. The molecule has 0 radical (unpaired) electrons. The van der Waals surface area contributed by atoms with Gasteiger partial charge in [0.25, 0.3) is 0 Å². The summed E-state index contributed by atoms with van der Waals surface area (Å²) in [6.45, 7) is 1.67. The molecule has 0 fully saturated rings. The lowest BCUT2D eigenvalue weighted by atomic mass is 9.97. The molecule has 0 saturated carbocycles. The summed E-state index contributed by atoms with van der Waals surface area (Å²) >= 11 is 0. The predicted molar refractivity (Wildman–Crippen MR) is 91.8 cm³/mol. The van der Waals surface area contributed by atoms with Crippen molar-refractivity contribution in [1.82, 2.24) is 10.1 Å². The number of carbonyl (C=O) groups is 1. The quantitative estimate of drug-likeness (QED) is 0.692. The third kappa shape index (κ3) is 3.68. The standard InChI is InChI=1S/C19H18N2O4/c1-12-20-19(21-25-12)15-11-18(24-2)17(23)10-14(15)16(22)9-8-13-6-4-3-5-7-13/h3-7,10-11,23H,8-9H2,1-2H3. The van der Waals surface area contributed by atoms with E-state index in [0.717, 1.165) is 5.56 Å². The maximum Gasteiger partial charge on any atom is 0.223 e. The molecule has 0 aliphatic heterocycles. The minimum atomic E-state index is -0.112. The summed E-state index contributed by atoms with van der Waals surface area (Å²) < 4.78 is 10.1. The van der Waals surface area contributed by atoms with Crippen LogP contribution in [0, 0.1) is 6.92 Å². The number of phenols is 1. The molecule has 3 rings (SSSR count). The molecule has 0 atom stereocenters. The average molecular weight is 338 g/mol. The molecule has 128 valence electrons. The number of nitrogens with zero attached hydrogens (tertiary/aromatic N) is 2. The summed E-state index contributed by atoms with van der Waals surface area (Å²) in [6, 6.07) is 12.7. The highest BCUT2D eigenvalue weighted by atomic mass is 16.5. The number of hydrogen-bond acceptors (Lipinski definition) is 6. The van der Waals surface area contributed by atoms with Crippen molar-refractivity contribution in [2.75, 3.05) is 7.11 Å². The van der Waals surface area contributed by atoms with Crippen LogP contribution in [-0.4, -0.2) is 28.1 Å². The summed E-state index contributed by atoms with van der Waals surface area (Å²) in [7, 11) is 1.44. The Hall–Kier alpha value is -3.15. The largest absolute Gasteiger partial charge is 0.504 e. The third-order valence-corrected chi connectivity index (χ3v) is 3.87. The number of phenolic OH excluding ortho intramolecular Hbond substituents is 1. The molecular weight excluding hydrogens is 320 g/mol. The van der Waals surface area contributed by atoms with Crippen LogP contribution < -0.4 is 4.74 Å². The zero-order chi connectivity index (χ0) is 17.8. The van der Waals surface area contributed by atoms with E-state index in [1.54, 1.807) is 13.0 Å². The van der Waals surface area contributed by atoms with Gasteiger partial charge in [-0.15, -0.1) is 0 Å². The molecule has 1 aromatic heterocycles. The number of methoxy groups -OCH3 is 1. The first-order valence-electron chi connectivity index (χ1n) is 7.87. The van der Waals surface area contributed by atoms with E-state index in [0.29, 0.717) is 35.7 Å². The van der Waals surface area contributed by atoms with Crippen molar-refractivity contribution in [3.05, 3.63) is 59.5 Å². The van der Waals surface area contributed by atoms with Crippen LogP contribution in [0.15, 0.2) is 47.0 Å². The Morgan fingerprint density at radius 1 is 1.24 bits per heavy atom. The monoisotopic (exact) mass is 338 g/mol. The summed E-state index contributed by atoms with van der Waals surface area (Å²) in [5.74, 6) is 0.717. The first kappa shape index (κ1) is 16.7. The van der Waals surface area contributed by atoms with Gasteiger partial charge in [-0.1, -0.05) is 35.5 Å². The Morgan fingerprint density at radius 2 is 2.00 bits per heavy atom. The molecular formula is C19H18N2O4. The second-order valence-electron chi connectivity index (χ2n) is 5.62. The fraction of sp³-hybridized carbons (Fsp3) is 0.211. The number of aryl methyl sites for hydroxylation is 2. The van der Waals surface area contributed by atoms with Crippen molar-refractivity contribution in [2.24, 2.45) is 0 Å². The smallest absolute Gasteiger partial charge is 0.223 e. The zero-order valence-electron chi connectivity index (χ0n) is 14.0. The summed E-state index contributed by atoms with van der Waals surface area (Å²) in [5.41, 5.74) is 1.89. The van der Waals surface area contributed by atoms with Gasteiger partial charge in [-0.3, -0.25) is 4.79 Å². The lowest BCUT2D eigenvalue weighted by Gasteiger charge is -2.10. The SMILES string of the molecule is COc1cc(-c2noc(C)n2)c(C(=O)CCc2ccccc2)cc1O. The molecule has 0 unspecified atom stereocenters. The molecule has 6 heteroatoms. The van der Waals surface area contributed by atoms with Crippen LogP contribution in [-0.2, 0) is 6.42 Å². The summed E-state index contributed by atoms with van der Waals surface area (Å²) in [5, 5.41) is 13.9. The van der Waals surface area contributed by atoms with Gasteiger partial charge in [0.2, 0.25) is 11.7 Å². The van der Waals surface area contributed by atoms with E-state index < -0.39 is 0 Å². The number of benzene rings is 2. The molecule has 0 aliphatic rings. The van der Waals surface area contributed by atoms with Crippen molar-refractivity contribution in [3.63, 3.8) is 0 Å². The minimum Gasteiger partial charge on any atom is -0.504 e. The van der Waals surface area contributed by atoms with E-state index in [-0.39, 0.29) is 17.3 Å². The van der Waals surface area contributed by atoms with Crippen LogP contribution in [0.2, 0.25) is 0 Å². The van der Waals surface area contributed by atoms with Crippen molar-refractivity contribution in [1.29, 1.82) is 0 Å². The first-order chi connectivity index (χ1) is 12.1. The van der Waals surface area contributed by atoms with Crippen LogP contribution >= 0.6 is 0 Å². The second kappa shape index (κ2) is 7.17. The molecule has 3 aromatic rings. The predicted octanol–water partition coefficient (Wildman–Crippen LogP) is 3.57. The van der Waals surface area contributed by atoms with Gasteiger partial charge in [-0.25, -0.2) is 0 Å². The van der Waals surface area contributed by atoms with Crippen molar-refractivity contribution in [3.8, 4) is 22.9 Å². The van der Waals surface area contributed by atoms with Gasteiger partial charge in [-0.05, 0) is 24.1 Å². The number of Topliss-reactive ketones (excluding diaryl/α,β-unsaturated/α-hetero) is 1. The lowest BCUT2D eigenvalue weighted by molar-refractivity contribution is 0.0983. The Labute approximate surface area is 145 Å². The van der Waals surface area contributed by atoms with E-state index in [4.69, 9.17) is 9.26 Å². The molecule has 0 aliphatic carbocycles. The lowest BCUT2D eigenvalue weighted by Crippen LogP contribution is -2.05. The van der Waals surface area contributed by atoms with Crippen LogP contribution in [0.5, 0.6) is 11.5 Å². The maximum absolute atomic E-state index is 12.7. The van der Waals surface area contributed by atoms with Crippen molar-refractivity contribution < 1.29 is 19.2 Å². The normalized spacial score (nSPS) is 10.6. The van der Waals surface area contributed by atoms with Gasteiger partial charge in [0, 0.05) is 24.5 Å². The third-order valence-electron chi connectivity index (χ3n) is 3.87. The van der Waals surface area contributed by atoms with Gasteiger partial charge >= 0.3 is 0 Å². The number of aromatic nitrogens is 2. The zero-order valence-corrected chi connectivity index (χ0v) is 14.0. The van der Waals surface area contributed by atoms with E-state index in [2.05, 4.69) is 10.1 Å². The summed E-state index contributed by atoms with van der Waals surface area (Å²) in [6.07, 6.45) is 0.913. The van der Waals surface area contributed by atoms with E-state index in [1.807, 2.05) is 30.3 Å². The van der Waals surface area contributed by atoms with Crippen LogP contribution in [0.3, 0.4) is 0 Å². The fourth-order valence-corrected chi connectivity index (χ4v) is 2.59. The molecule has 0 amide bonds. The molecule has 0 spiro atoms. The minimum absolute atomic E-state index is 0.102. The topological polar surface area (TPSA) is 85.5 Å². The Morgan fingerprint density at radius 3 is 2.64 bits per heavy atom. The highest BCUT2D eigenvalue weighted by molar-refractivity contribution is 6.02. The molecule has 0 saturated heterocycles. The van der Waals surface area contributed by atoms with E-state index in [9.17, 15) is 9.90 Å². The molecule has 2 aromatic carbocycles. The molecule has 0 bridgehead atoms. The fourth-order valence-electron chi connectivity index (χ4n) is 2.59. The van der Waals surface area contributed by atoms with Crippen LogP contribution in [0.4, 0.5) is 0 Å². The van der Waals surface area contributed by atoms with Gasteiger partial charge in [0.15, 0.2) is 17.3 Å². The van der Waals surface area contributed by atoms with E-state index >= 15 is 0 Å². The Balaban J connectivity index is 1.93. The highest BCUT2D eigenvalue weighted by Crippen LogP contribution is 2.34. The van der Waals surface area contributed by atoms with Crippen LogP contribution in [0.1, 0.15) is 28.2 Å². The average Bonchev–Trinajstić information content (AvgIpc) is 3.06. The number of hydrogen-bond donors (Lipinski definition) is 1. The van der Waals surface area contributed by atoms with Crippen LogP contribution in [0.25, 0.3) is 11.4 Å². The Kier molecular flexibility index (Phi) is 4.79. The van der Waals surface area contributed by atoms with Gasteiger partial charge < -0.3 is 14.4 Å². The molecule has 1 heterocycles. The van der Waals surface area contributed by atoms with Gasteiger partial charge in [-0.2, -0.15) is 4.98 Å². The first-order valence-corrected chi connectivity index (χ1v) is 7.87. The van der Waals surface area contributed by atoms with E-state index in [1.165, 1.54) is 13.2 Å². The van der Waals surface area contributed by atoms with Crippen molar-refractivity contribution in [2.45, 2.75) is 19.8 Å². The maximum atomic E-state index is 12.7. The van der Waals surface area contributed by atoms with Gasteiger partial charge in [0.05, 0.1) is 7.11 Å². The highest BCUT2D eigenvalue weighted by Gasteiger charge is 2.20. The number of ketones is 1. The van der Waals surface area contributed by atoms with Gasteiger partial charge in [0.1, 0.15) is 0 Å². The number of ether oxygens (including phenoxy) is 1. The number of aromatic hydroxyl groups is 1. The van der Waals surface area contributed by atoms with Crippen molar-refractivity contribution >= 4 is 5.78 Å². The Bertz CT molecular complexity index is 888. The second-order valence-corrected chi connectivity index (χ2v) is 5.62. The number of carbonyl (C=O) groups excluding carboxylic acids is 1. The number of rotatable bonds is 6.